The molecule has 3 N–H and O–H groups in total. The van der Waals surface area contributed by atoms with Gasteiger partial charge in [-0.1, -0.05) is 43.3 Å². The van der Waals surface area contributed by atoms with Gasteiger partial charge in [-0.05, 0) is 40.8 Å². The third kappa shape index (κ3) is 6.15. The third-order valence-corrected chi connectivity index (χ3v) is 5.73. The van der Waals surface area contributed by atoms with Crippen molar-refractivity contribution in [2.75, 3.05) is 24.7 Å². The predicted octanol–water partition coefficient (Wildman–Crippen LogP) is 3.95. The lowest BCUT2D eigenvalue weighted by atomic mass is 9.96. The maximum Gasteiger partial charge on any atom is 0.210 e. The molecule has 0 saturated carbocycles. The van der Waals surface area contributed by atoms with Gasteiger partial charge in [0, 0.05) is 49.9 Å². The van der Waals surface area contributed by atoms with Gasteiger partial charge in [0.15, 0.2) is 0 Å². The zero-order chi connectivity index (χ0) is 23.1. The quantitative estimate of drug-likeness (QED) is 0.481. The van der Waals surface area contributed by atoms with Gasteiger partial charge in [-0.3, -0.25) is 9.67 Å². The maximum absolute atomic E-state index is 11.4. The average Bonchev–Trinajstić information content (AvgIpc) is 3.19. The summed E-state index contributed by atoms with van der Waals surface area (Å²) in [7, 11) is 0.0717. The number of nitrogens with zero attached hydrogens (tertiary/aromatic N) is 3. The standard InChI is InChI=1S/C24H29N5O2S/c1-4-6-21(15-26-2)23-10-9-20(14-24(23)27-11-12-32(25,30)31)18-7-5-8-19(13-18)22-16-28-29(3)17-22/h5-10,13-17,27H,4,11-12H2,1-3H3,(H2,25,30,31)/b21-6+,26-15?. The lowest BCUT2D eigenvalue weighted by Crippen LogP contribution is -2.22. The molecule has 32 heavy (non-hydrogen) atoms. The molecule has 0 aliphatic carbocycles. The number of aliphatic imine (C=N–C) groups is 1. The number of hydrogen-bond donors (Lipinski definition) is 2. The second-order valence-electron chi connectivity index (χ2n) is 7.49. The number of aryl methyl sites for hydroxylation is 1. The van der Waals surface area contributed by atoms with Crippen molar-refractivity contribution in [2.45, 2.75) is 13.3 Å². The number of anilines is 1. The molecule has 0 radical (unpaired) electrons. The fraction of sp³-hybridized carbons (Fsp3) is 0.250. The molecular formula is C24H29N5O2S. The highest BCUT2D eigenvalue weighted by Gasteiger charge is 2.11. The van der Waals surface area contributed by atoms with Crippen LogP contribution in [-0.2, 0) is 17.1 Å². The summed E-state index contributed by atoms with van der Waals surface area (Å²) >= 11 is 0. The van der Waals surface area contributed by atoms with Crippen molar-refractivity contribution in [1.82, 2.24) is 9.78 Å². The Hall–Kier alpha value is -3.23. The second kappa shape index (κ2) is 10.4. The third-order valence-electron chi connectivity index (χ3n) is 4.96. The molecule has 0 spiro atoms. The number of primary sulfonamides is 1. The van der Waals surface area contributed by atoms with Gasteiger partial charge in [0.25, 0.3) is 0 Å². The van der Waals surface area contributed by atoms with Crippen molar-refractivity contribution >= 4 is 27.5 Å². The Kier molecular flexibility index (Phi) is 7.61. The Labute approximate surface area is 189 Å². The summed E-state index contributed by atoms with van der Waals surface area (Å²) in [6.45, 7) is 2.28. The normalized spacial score (nSPS) is 12.4. The molecule has 0 saturated heterocycles. The molecule has 0 unspecified atom stereocenters. The minimum atomic E-state index is -3.56. The van der Waals surface area contributed by atoms with Crippen LogP contribution in [0.25, 0.3) is 27.8 Å². The zero-order valence-corrected chi connectivity index (χ0v) is 19.4. The summed E-state index contributed by atoms with van der Waals surface area (Å²) in [5.74, 6) is -0.151. The second-order valence-corrected chi connectivity index (χ2v) is 9.23. The van der Waals surface area contributed by atoms with Crippen molar-refractivity contribution in [2.24, 2.45) is 17.2 Å². The minimum Gasteiger partial charge on any atom is -0.383 e. The first kappa shape index (κ1) is 23.4. The molecule has 7 nitrogen and oxygen atoms in total. The molecule has 0 atom stereocenters. The van der Waals surface area contributed by atoms with Crippen molar-refractivity contribution < 1.29 is 8.42 Å². The van der Waals surface area contributed by atoms with Crippen molar-refractivity contribution in [3.05, 3.63) is 66.5 Å². The van der Waals surface area contributed by atoms with Gasteiger partial charge in [0.05, 0.1) is 11.9 Å². The summed E-state index contributed by atoms with van der Waals surface area (Å²) in [4.78, 5) is 4.17. The molecule has 2 aromatic carbocycles. The van der Waals surface area contributed by atoms with Gasteiger partial charge >= 0.3 is 0 Å². The van der Waals surface area contributed by atoms with E-state index in [0.717, 1.165) is 45.5 Å². The topological polar surface area (TPSA) is 102 Å². The van der Waals surface area contributed by atoms with Crippen LogP contribution in [0.5, 0.6) is 0 Å². The van der Waals surface area contributed by atoms with E-state index in [-0.39, 0.29) is 12.3 Å². The molecule has 1 heterocycles. The van der Waals surface area contributed by atoms with Gasteiger partial charge in [-0.15, -0.1) is 0 Å². The molecule has 0 aliphatic heterocycles. The van der Waals surface area contributed by atoms with Gasteiger partial charge in [0.2, 0.25) is 10.0 Å². The molecule has 3 aromatic rings. The maximum atomic E-state index is 11.4. The van der Waals surface area contributed by atoms with Crippen molar-refractivity contribution in [3.63, 3.8) is 0 Å². The Bertz CT molecular complexity index is 1240. The molecule has 1 aromatic heterocycles. The number of rotatable bonds is 9. The van der Waals surface area contributed by atoms with E-state index in [9.17, 15) is 8.42 Å². The molecule has 8 heteroatoms. The van der Waals surface area contributed by atoms with Crippen LogP contribution in [0.1, 0.15) is 18.9 Å². The van der Waals surface area contributed by atoms with Crippen LogP contribution in [0.3, 0.4) is 0 Å². The minimum absolute atomic E-state index is 0.151. The van der Waals surface area contributed by atoms with E-state index in [1.165, 1.54) is 0 Å². The summed E-state index contributed by atoms with van der Waals surface area (Å²) in [5.41, 5.74) is 6.96. The summed E-state index contributed by atoms with van der Waals surface area (Å²) < 4.78 is 24.6. The highest BCUT2D eigenvalue weighted by molar-refractivity contribution is 7.89. The summed E-state index contributed by atoms with van der Waals surface area (Å²) in [6, 6.07) is 14.4. The lowest BCUT2D eigenvalue weighted by molar-refractivity contribution is 0.598. The van der Waals surface area contributed by atoms with Crippen LogP contribution in [-0.4, -0.2) is 43.8 Å². The van der Waals surface area contributed by atoms with Gasteiger partial charge < -0.3 is 5.32 Å². The molecule has 0 fully saturated rings. The number of sulfonamides is 1. The number of benzene rings is 2. The van der Waals surface area contributed by atoms with Gasteiger partial charge in [-0.2, -0.15) is 5.10 Å². The van der Waals surface area contributed by atoms with Crippen LogP contribution in [0.2, 0.25) is 0 Å². The predicted molar refractivity (Wildman–Crippen MR) is 133 cm³/mol. The zero-order valence-electron chi connectivity index (χ0n) is 18.6. The number of hydrogen-bond acceptors (Lipinski definition) is 5. The first-order chi connectivity index (χ1) is 15.3. The molecule has 0 bridgehead atoms. The smallest absolute Gasteiger partial charge is 0.210 e. The molecule has 168 valence electrons. The fourth-order valence-electron chi connectivity index (χ4n) is 3.49. The van der Waals surface area contributed by atoms with E-state index in [2.05, 4.69) is 52.7 Å². The molecular weight excluding hydrogens is 422 g/mol. The fourth-order valence-corrected chi connectivity index (χ4v) is 3.88. The van der Waals surface area contributed by atoms with E-state index in [4.69, 9.17) is 5.14 Å². The van der Waals surface area contributed by atoms with E-state index < -0.39 is 10.0 Å². The largest absolute Gasteiger partial charge is 0.383 e. The van der Waals surface area contributed by atoms with Gasteiger partial charge in [-0.25, -0.2) is 13.6 Å². The highest BCUT2D eigenvalue weighted by Crippen LogP contribution is 2.32. The number of nitrogens with two attached hydrogens (primary N) is 1. The average molecular weight is 452 g/mol. The van der Waals surface area contributed by atoms with E-state index >= 15 is 0 Å². The SMILES string of the molecule is CC/C=C(\C=NC)c1ccc(-c2cccc(-c3cnn(C)c3)c2)cc1NCCS(N)(=O)=O. The first-order valence-corrected chi connectivity index (χ1v) is 12.1. The van der Waals surface area contributed by atoms with Crippen molar-refractivity contribution in [3.8, 4) is 22.3 Å². The first-order valence-electron chi connectivity index (χ1n) is 10.4. The van der Waals surface area contributed by atoms with Crippen molar-refractivity contribution in [1.29, 1.82) is 0 Å². The monoisotopic (exact) mass is 451 g/mol. The summed E-state index contributed by atoms with van der Waals surface area (Å²) in [6.07, 6.45) is 8.58. The van der Waals surface area contributed by atoms with E-state index in [1.54, 1.807) is 11.7 Å². The summed E-state index contributed by atoms with van der Waals surface area (Å²) in [5, 5.41) is 12.7. The van der Waals surface area contributed by atoms with Crippen LogP contribution >= 0.6 is 0 Å². The highest BCUT2D eigenvalue weighted by atomic mass is 32.2. The number of allylic oxidation sites excluding steroid dienone is 2. The van der Waals surface area contributed by atoms with Crippen LogP contribution in [0.15, 0.2) is 65.9 Å². The molecule has 0 amide bonds. The van der Waals surface area contributed by atoms with Crippen LogP contribution < -0.4 is 10.5 Å². The van der Waals surface area contributed by atoms with Gasteiger partial charge in [0.1, 0.15) is 0 Å². The molecule has 3 rings (SSSR count). The van der Waals surface area contributed by atoms with Crippen LogP contribution in [0.4, 0.5) is 5.69 Å². The Morgan fingerprint density at radius 1 is 1.16 bits per heavy atom. The van der Waals surface area contributed by atoms with E-state index in [0.29, 0.717) is 0 Å². The van der Waals surface area contributed by atoms with Crippen LogP contribution in [0, 0.1) is 0 Å². The Balaban J connectivity index is 2.02. The Morgan fingerprint density at radius 2 is 1.88 bits per heavy atom. The number of aromatic nitrogens is 2. The number of nitrogens with one attached hydrogen (secondary N) is 1. The Morgan fingerprint density at radius 3 is 2.50 bits per heavy atom. The lowest BCUT2D eigenvalue weighted by Gasteiger charge is -2.15. The molecule has 0 aliphatic rings. The van der Waals surface area contributed by atoms with E-state index in [1.807, 2.05) is 43.9 Å².